The Morgan fingerprint density at radius 2 is 2.25 bits per heavy atom. The number of carbonyl (C=O) groups is 1. The van der Waals surface area contributed by atoms with E-state index in [0.29, 0.717) is 6.61 Å². The van der Waals surface area contributed by atoms with Crippen molar-refractivity contribution in [3.05, 3.63) is 0 Å². The Balaban J connectivity index is 2.85. The second-order valence-corrected chi connectivity index (χ2v) is 4.92. The maximum absolute atomic E-state index is 11.3. The van der Waals surface area contributed by atoms with E-state index in [2.05, 4.69) is 4.52 Å². The lowest BCUT2D eigenvalue weighted by molar-refractivity contribution is -0.137. The van der Waals surface area contributed by atoms with Gasteiger partial charge in [0.05, 0.1) is 12.5 Å². The molecule has 0 amide bonds. The summed E-state index contributed by atoms with van der Waals surface area (Å²) in [5.41, 5.74) is -0.988. The van der Waals surface area contributed by atoms with Gasteiger partial charge >= 0.3 is 14.0 Å². The van der Waals surface area contributed by atoms with Crippen LogP contribution >= 0.6 is 8.03 Å². The SMILES string of the molecule is CO[P+](=O)C1C(=O)OCC1(C)C. The molecule has 0 radical (unpaired) electrons. The molecule has 0 aromatic carbocycles. The molecule has 0 spiro atoms. The van der Waals surface area contributed by atoms with Gasteiger partial charge in [-0.2, -0.15) is 0 Å². The van der Waals surface area contributed by atoms with Gasteiger partial charge in [-0.05, 0) is 4.57 Å². The van der Waals surface area contributed by atoms with Crippen molar-refractivity contribution in [1.82, 2.24) is 0 Å². The van der Waals surface area contributed by atoms with E-state index in [1.807, 2.05) is 13.8 Å². The van der Waals surface area contributed by atoms with Gasteiger partial charge in [-0.25, -0.2) is 4.79 Å². The smallest absolute Gasteiger partial charge is 0.461 e. The van der Waals surface area contributed by atoms with Crippen molar-refractivity contribution in [2.75, 3.05) is 13.7 Å². The summed E-state index contributed by atoms with van der Waals surface area (Å²) in [6, 6.07) is 0. The molecular weight excluding hydrogens is 179 g/mol. The molecule has 0 aromatic rings. The van der Waals surface area contributed by atoms with Crippen molar-refractivity contribution in [2.45, 2.75) is 19.5 Å². The minimum atomic E-state index is -1.93. The average molecular weight is 191 g/mol. The number of cyclic esters (lactones) is 1. The molecule has 2 atom stereocenters. The number of esters is 1. The van der Waals surface area contributed by atoms with Crippen molar-refractivity contribution in [2.24, 2.45) is 5.41 Å². The molecule has 0 aliphatic carbocycles. The topological polar surface area (TPSA) is 52.6 Å². The average Bonchev–Trinajstić information content (AvgIpc) is 2.25. The summed E-state index contributed by atoms with van der Waals surface area (Å²) in [5, 5.41) is 0. The van der Waals surface area contributed by atoms with Gasteiger partial charge < -0.3 is 4.74 Å². The normalized spacial score (nSPS) is 28.4. The molecule has 68 valence electrons. The van der Waals surface area contributed by atoms with Gasteiger partial charge in [-0.3, -0.25) is 0 Å². The van der Waals surface area contributed by atoms with Gasteiger partial charge in [-0.15, -0.1) is 4.52 Å². The molecule has 4 nitrogen and oxygen atoms in total. The first-order chi connectivity index (χ1) is 5.49. The molecule has 2 unspecified atom stereocenters. The van der Waals surface area contributed by atoms with Crippen molar-refractivity contribution < 1.29 is 18.6 Å². The summed E-state index contributed by atoms with van der Waals surface area (Å²) >= 11 is 0. The van der Waals surface area contributed by atoms with Crippen molar-refractivity contribution in [3.63, 3.8) is 0 Å². The molecule has 12 heavy (non-hydrogen) atoms. The van der Waals surface area contributed by atoms with Crippen molar-refractivity contribution in [1.29, 1.82) is 0 Å². The monoisotopic (exact) mass is 191 g/mol. The van der Waals surface area contributed by atoms with E-state index in [9.17, 15) is 9.36 Å². The van der Waals surface area contributed by atoms with Crippen molar-refractivity contribution >= 4 is 14.0 Å². The second kappa shape index (κ2) is 3.11. The molecule has 0 aromatic heterocycles. The quantitative estimate of drug-likeness (QED) is 0.488. The van der Waals surface area contributed by atoms with Crippen LogP contribution in [0.5, 0.6) is 0 Å². The van der Waals surface area contributed by atoms with Crippen LogP contribution in [0, 0.1) is 5.41 Å². The second-order valence-electron chi connectivity index (χ2n) is 3.47. The molecule has 0 bridgehead atoms. The summed E-state index contributed by atoms with van der Waals surface area (Å²) < 4.78 is 20.7. The molecule has 1 saturated heterocycles. The van der Waals surface area contributed by atoms with Crippen molar-refractivity contribution in [3.8, 4) is 0 Å². The third-order valence-electron chi connectivity index (χ3n) is 1.94. The van der Waals surface area contributed by atoms with E-state index in [1.165, 1.54) is 7.11 Å². The minimum absolute atomic E-state index is 0.320. The molecule has 1 aliphatic heterocycles. The lowest BCUT2D eigenvalue weighted by Gasteiger charge is -2.11. The molecule has 1 heterocycles. The molecule has 1 fully saturated rings. The highest BCUT2D eigenvalue weighted by Gasteiger charge is 2.57. The van der Waals surface area contributed by atoms with Crippen LogP contribution in [-0.4, -0.2) is 25.3 Å². The van der Waals surface area contributed by atoms with E-state index in [4.69, 9.17) is 4.74 Å². The minimum Gasteiger partial charge on any atom is -0.461 e. The Kier molecular flexibility index (Phi) is 2.49. The molecule has 1 aliphatic rings. The Morgan fingerprint density at radius 1 is 1.67 bits per heavy atom. The van der Waals surface area contributed by atoms with Gasteiger partial charge in [-0.1, -0.05) is 13.8 Å². The summed E-state index contributed by atoms with van der Waals surface area (Å²) in [4.78, 5) is 11.1. The summed E-state index contributed by atoms with van der Waals surface area (Å²) in [5.74, 6) is -0.414. The highest BCUT2D eigenvalue weighted by molar-refractivity contribution is 7.41. The van der Waals surface area contributed by atoms with E-state index >= 15 is 0 Å². The van der Waals surface area contributed by atoms with Gasteiger partial charge in [0.1, 0.15) is 6.61 Å². The van der Waals surface area contributed by atoms with Crippen LogP contribution in [-0.2, 0) is 18.6 Å². The number of ether oxygens (including phenoxy) is 1. The van der Waals surface area contributed by atoms with Gasteiger partial charge in [0.25, 0.3) is 5.66 Å². The zero-order chi connectivity index (χ0) is 9.35. The Labute approximate surface area is 72.1 Å². The fraction of sp³-hybridized carbons (Fsp3) is 0.857. The highest BCUT2D eigenvalue weighted by atomic mass is 31.1. The summed E-state index contributed by atoms with van der Waals surface area (Å²) in [6.45, 7) is 4.00. The predicted octanol–water partition coefficient (Wildman–Crippen LogP) is 1.33. The zero-order valence-electron chi connectivity index (χ0n) is 7.36. The lowest BCUT2D eigenvalue weighted by Crippen LogP contribution is -2.26. The first kappa shape index (κ1) is 9.62. The molecule has 0 N–H and O–H groups in total. The Morgan fingerprint density at radius 3 is 2.58 bits per heavy atom. The first-order valence-electron chi connectivity index (χ1n) is 3.66. The number of rotatable bonds is 2. The third kappa shape index (κ3) is 1.50. The lowest BCUT2D eigenvalue weighted by atomic mass is 9.92. The van der Waals surface area contributed by atoms with E-state index < -0.39 is 19.7 Å². The molecule has 5 heteroatoms. The number of hydrogen-bond acceptors (Lipinski definition) is 4. The fourth-order valence-corrected chi connectivity index (χ4v) is 2.31. The summed E-state index contributed by atoms with van der Waals surface area (Å²) in [7, 11) is -0.598. The third-order valence-corrected chi connectivity index (χ3v) is 3.63. The van der Waals surface area contributed by atoms with Crippen LogP contribution in [0.2, 0.25) is 0 Å². The van der Waals surface area contributed by atoms with Crippen LogP contribution < -0.4 is 0 Å². The molecule has 0 saturated carbocycles. The van der Waals surface area contributed by atoms with Gasteiger partial charge in [0.15, 0.2) is 0 Å². The Hall–Kier alpha value is -0.470. The van der Waals surface area contributed by atoms with E-state index in [-0.39, 0.29) is 5.41 Å². The van der Waals surface area contributed by atoms with E-state index in [1.54, 1.807) is 0 Å². The highest BCUT2D eigenvalue weighted by Crippen LogP contribution is 2.45. The van der Waals surface area contributed by atoms with Crippen LogP contribution in [0.1, 0.15) is 13.8 Å². The van der Waals surface area contributed by atoms with Gasteiger partial charge in [0.2, 0.25) is 0 Å². The maximum atomic E-state index is 11.3. The first-order valence-corrected chi connectivity index (χ1v) is 4.91. The summed E-state index contributed by atoms with van der Waals surface area (Å²) in [6.07, 6.45) is 0. The van der Waals surface area contributed by atoms with Crippen LogP contribution in [0.25, 0.3) is 0 Å². The molecule has 1 rings (SSSR count). The number of hydrogen-bond donors (Lipinski definition) is 0. The zero-order valence-corrected chi connectivity index (χ0v) is 8.26. The van der Waals surface area contributed by atoms with Crippen LogP contribution in [0.3, 0.4) is 0 Å². The maximum Gasteiger partial charge on any atom is 0.523 e. The Bertz CT molecular complexity index is 223. The van der Waals surface area contributed by atoms with E-state index in [0.717, 1.165) is 0 Å². The van der Waals surface area contributed by atoms with Crippen LogP contribution in [0.15, 0.2) is 0 Å². The van der Waals surface area contributed by atoms with Gasteiger partial charge in [0, 0.05) is 0 Å². The molecular formula is C7H12O4P+. The fourth-order valence-electron chi connectivity index (χ4n) is 1.21. The predicted molar refractivity (Wildman–Crippen MR) is 43.1 cm³/mol. The van der Waals surface area contributed by atoms with Crippen LogP contribution in [0.4, 0.5) is 0 Å². The standard InChI is InChI=1S/C7H12O4P/c1-7(2)4-11-6(8)5(7)12(9)10-3/h5H,4H2,1-3H3/q+1. The largest absolute Gasteiger partial charge is 0.523 e. The number of carbonyl (C=O) groups excluding carboxylic acids is 1.